The molecule has 0 saturated heterocycles. The van der Waals surface area contributed by atoms with Crippen LogP contribution in [0.4, 0.5) is 0 Å². The van der Waals surface area contributed by atoms with Crippen molar-refractivity contribution in [1.82, 2.24) is 19.7 Å². The fourth-order valence-electron chi connectivity index (χ4n) is 1.91. The molecule has 0 aliphatic rings. The van der Waals surface area contributed by atoms with Gasteiger partial charge in [0.25, 0.3) is 10.0 Å². The molecule has 0 aliphatic carbocycles. The molecule has 0 saturated carbocycles. The summed E-state index contributed by atoms with van der Waals surface area (Å²) in [5.74, 6) is 0.736. The minimum absolute atomic E-state index is 0.00234. The van der Waals surface area contributed by atoms with Gasteiger partial charge in [-0.05, 0) is 34.0 Å². The van der Waals surface area contributed by atoms with E-state index in [0.717, 1.165) is 11.3 Å². The van der Waals surface area contributed by atoms with Gasteiger partial charge in [0.15, 0.2) is 4.60 Å². The number of halogens is 1. The fraction of sp³-hybridized carbons (Fsp3) is 0.333. The van der Waals surface area contributed by atoms with Crippen LogP contribution in [0.2, 0.25) is 0 Å². The SMILES string of the molecule is COc1ccccc1CCNS(=O)(=O)c1c(Br)nnn1C. The number of rotatable bonds is 6. The van der Waals surface area contributed by atoms with Gasteiger partial charge in [-0.3, -0.25) is 0 Å². The largest absolute Gasteiger partial charge is 0.496 e. The molecule has 0 unspecified atom stereocenters. The predicted molar refractivity (Wildman–Crippen MR) is 80.6 cm³/mol. The Kier molecular flexibility index (Phi) is 4.96. The van der Waals surface area contributed by atoms with E-state index in [1.807, 2.05) is 24.3 Å². The first kappa shape index (κ1) is 15.9. The number of para-hydroxylation sites is 1. The van der Waals surface area contributed by atoms with Gasteiger partial charge in [-0.15, -0.1) is 5.10 Å². The van der Waals surface area contributed by atoms with E-state index in [9.17, 15) is 8.42 Å². The summed E-state index contributed by atoms with van der Waals surface area (Å²) in [6.45, 7) is 0.250. The number of hydrogen-bond acceptors (Lipinski definition) is 5. The van der Waals surface area contributed by atoms with E-state index in [-0.39, 0.29) is 16.2 Å². The molecule has 1 heterocycles. The van der Waals surface area contributed by atoms with Crippen LogP contribution in [0.1, 0.15) is 5.56 Å². The van der Waals surface area contributed by atoms with Crippen molar-refractivity contribution in [3.05, 3.63) is 34.4 Å². The molecule has 0 atom stereocenters. The average Bonchev–Trinajstić information content (AvgIpc) is 2.79. The second-order valence-electron chi connectivity index (χ2n) is 4.27. The number of aromatic nitrogens is 3. The summed E-state index contributed by atoms with van der Waals surface area (Å²) in [6, 6.07) is 7.49. The summed E-state index contributed by atoms with van der Waals surface area (Å²) in [7, 11) is -0.563. The van der Waals surface area contributed by atoms with Crippen LogP contribution in [-0.2, 0) is 23.5 Å². The Balaban J connectivity index is 2.06. The lowest BCUT2D eigenvalue weighted by molar-refractivity contribution is 0.409. The second kappa shape index (κ2) is 6.54. The molecule has 0 amide bonds. The van der Waals surface area contributed by atoms with E-state index in [0.29, 0.717) is 6.42 Å². The standard InChI is InChI=1S/C12H15BrN4O3S/c1-17-12(11(13)15-16-17)21(18,19)14-8-7-9-5-3-4-6-10(9)20-2/h3-6,14H,7-8H2,1-2H3. The minimum atomic E-state index is -3.67. The zero-order chi connectivity index (χ0) is 15.5. The highest BCUT2D eigenvalue weighted by Gasteiger charge is 2.23. The van der Waals surface area contributed by atoms with Crippen LogP contribution in [0.3, 0.4) is 0 Å². The summed E-state index contributed by atoms with van der Waals surface area (Å²) in [5, 5.41) is 7.33. The van der Waals surface area contributed by atoms with Gasteiger partial charge in [0.05, 0.1) is 7.11 Å². The molecule has 1 N–H and O–H groups in total. The van der Waals surface area contributed by atoms with Gasteiger partial charge in [0.2, 0.25) is 5.03 Å². The smallest absolute Gasteiger partial charge is 0.260 e. The number of sulfonamides is 1. The Labute approximate surface area is 131 Å². The van der Waals surface area contributed by atoms with Crippen LogP contribution >= 0.6 is 15.9 Å². The Morgan fingerprint density at radius 2 is 2.10 bits per heavy atom. The molecule has 1 aromatic carbocycles. The van der Waals surface area contributed by atoms with E-state index in [4.69, 9.17) is 4.74 Å². The van der Waals surface area contributed by atoms with Crippen molar-refractivity contribution in [2.45, 2.75) is 11.4 Å². The normalized spacial score (nSPS) is 11.6. The number of aryl methyl sites for hydroxylation is 1. The molecule has 0 fully saturated rings. The van der Waals surface area contributed by atoms with Crippen LogP contribution in [0.25, 0.3) is 0 Å². The Hall–Kier alpha value is -1.45. The Morgan fingerprint density at radius 1 is 1.38 bits per heavy atom. The number of nitrogens with zero attached hydrogens (tertiary/aromatic N) is 3. The van der Waals surface area contributed by atoms with E-state index < -0.39 is 10.0 Å². The number of methoxy groups -OCH3 is 1. The van der Waals surface area contributed by atoms with Crippen LogP contribution in [0, 0.1) is 0 Å². The first-order chi connectivity index (χ1) is 9.95. The van der Waals surface area contributed by atoms with E-state index in [2.05, 4.69) is 31.0 Å². The van der Waals surface area contributed by atoms with E-state index in [1.165, 1.54) is 11.7 Å². The highest BCUT2D eigenvalue weighted by Crippen LogP contribution is 2.19. The molecule has 7 nitrogen and oxygen atoms in total. The summed E-state index contributed by atoms with van der Waals surface area (Å²) in [4.78, 5) is 0. The average molecular weight is 375 g/mol. The zero-order valence-electron chi connectivity index (χ0n) is 11.6. The van der Waals surface area contributed by atoms with Gasteiger partial charge in [-0.1, -0.05) is 23.4 Å². The van der Waals surface area contributed by atoms with Crippen LogP contribution in [-0.4, -0.2) is 37.1 Å². The summed E-state index contributed by atoms with van der Waals surface area (Å²) >= 11 is 3.08. The van der Waals surface area contributed by atoms with Crippen LogP contribution in [0.15, 0.2) is 33.9 Å². The lowest BCUT2D eigenvalue weighted by Gasteiger charge is -2.09. The molecule has 2 aromatic rings. The lowest BCUT2D eigenvalue weighted by Crippen LogP contribution is -2.28. The molecular weight excluding hydrogens is 360 g/mol. The van der Waals surface area contributed by atoms with Crippen LogP contribution < -0.4 is 9.46 Å². The number of benzene rings is 1. The monoisotopic (exact) mass is 374 g/mol. The summed E-state index contributed by atoms with van der Waals surface area (Å²) in [6.07, 6.45) is 0.520. The van der Waals surface area contributed by atoms with Gasteiger partial charge in [0.1, 0.15) is 5.75 Å². The maximum atomic E-state index is 12.2. The van der Waals surface area contributed by atoms with E-state index >= 15 is 0 Å². The summed E-state index contributed by atoms with van der Waals surface area (Å²) < 4.78 is 33.6. The van der Waals surface area contributed by atoms with Gasteiger partial charge in [-0.25, -0.2) is 17.8 Å². The van der Waals surface area contributed by atoms with Crippen molar-refractivity contribution in [2.24, 2.45) is 7.05 Å². The summed E-state index contributed by atoms with van der Waals surface area (Å²) in [5.41, 5.74) is 0.935. The second-order valence-corrected chi connectivity index (χ2v) is 6.70. The highest BCUT2D eigenvalue weighted by molar-refractivity contribution is 9.10. The lowest BCUT2D eigenvalue weighted by atomic mass is 10.1. The molecule has 0 aliphatic heterocycles. The van der Waals surface area contributed by atoms with Crippen molar-refractivity contribution in [3.63, 3.8) is 0 Å². The number of hydrogen-bond donors (Lipinski definition) is 1. The first-order valence-corrected chi connectivity index (χ1v) is 8.40. The van der Waals surface area contributed by atoms with Gasteiger partial charge >= 0.3 is 0 Å². The third kappa shape index (κ3) is 3.60. The van der Waals surface area contributed by atoms with Crippen molar-refractivity contribution in [2.75, 3.05) is 13.7 Å². The molecule has 114 valence electrons. The third-order valence-electron chi connectivity index (χ3n) is 2.87. The van der Waals surface area contributed by atoms with Crippen molar-refractivity contribution < 1.29 is 13.2 Å². The van der Waals surface area contributed by atoms with Crippen molar-refractivity contribution >= 4 is 26.0 Å². The molecule has 9 heteroatoms. The van der Waals surface area contributed by atoms with Gasteiger partial charge < -0.3 is 4.74 Å². The topological polar surface area (TPSA) is 86.1 Å². The van der Waals surface area contributed by atoms with Gasteiger partial charge in [-0.2, -0.15) is 0 Å². The minimum Gasteiger partial charge on any atom is -0.496 e. The molecular formula is C12H15BrN4O3S. The Bertz CT molecular complexity index is 710. The molecule has 0 bridgehead atoms. The molecule has 21 heavy (non-hydrogen) atoms. The fourth-order valence-corrected chi connectivity index (χ4v) is 4.03. The van der Waals surface area contributed by atoms with E-state index in [1.54, 1.807) is 7.11 Å². The number of ether oxygens (including phenoxy) is 1. The van der Waals surface area contributed by atoms with Crippen LogP contribution in [0.5, 0.6) is 5.75 Å². The maximum Gasteiger partial charge on any atom is 0.260 e. The maximum absolute atomic E-state index is 12.2. The Morgan fingerprint density at radius 3 is 2.71 bits per heavy atom. The van der Waals surface area contributed by atoms with Crippen molar-refractivity contribution in [1.29, 1.82) is 0 Å². The molecule has 0 spiro atoms. The zero-order valence-corrected chi connectivity index (χ0v) is 14.0. The third-order valence-corrected chi connectivity index (χ3v) is 5.22. The first-order valence-electron chi connectivity index (χ1n) is 6.12. The van der Waals surface area contributed by atoms with Crippen molar-refractivity contribution in [3.8, 4) is 5.75 Å². The molecule has 2 rings (SSSR count). The molecule has 1 aromatic heterocycles. The quantitative estimate of drug-likeness (QED) is 0.818. The molecule has 0 radical (unpaired) electrons. The highest BCUT2D eigenvalue weighted by atomic mass is 79.9. The number of nitrogens with one attached hydrogen (secondary N) is 1. The predicted octanol–water partition coefficient (Wildman–Crippen LogP) is 1.11. The van der Waals surface area contributed by atoms with Gasteiger partial charge in [0, 0.05) is 13.6 Å².